The van der Waals surface area contributed by atoms with Crippen LogP contribution in [0.3, 0.4) is 0 Å². The van der Waals surface area contributed by atoms with Gasteiger partial charge in [-0.2, -0.15) is 0 Å². The fourth-order valence-electron chi connectivity index (χ4n) is 1.66. The van der Waals surface area contributed by atoms with Crippen molar-refractivity contribution in [3.63, 3.8) is 0 Å². The Balaban J connectivity index is 2.64. The molecule has 18 heavy (non-hydrogen) atoms. The lowest BCUT2D eigenvalue weighted by Gasteiger charge is -2.09. The van der Waals surface area contributed by atoms with Crippen molar-refractivity contribution in [2.45, 2.75) is 19.9 Å². The van der Waals surface area contributed by atoms with E-state index in [1.807, 2.05) is 13.8 Å². The summed E-state index contributed by atoms with van der Waals surface area (Å²) in [5.74, 6) is -0.315. The third kappa shape index (κ3) is 2.54. The number of carbonyl (C=O) groups excluding carboxylic acids is 1. The summed E-state index contributed by atoms with van der Waals surface area (Å²) >= 11 is 5.89. The molecule has 0 atom stereocenters. The molecule has 1 amide bonds. The van der Waals surface area contributed by atoms with Crippen molar-refractivity contribution < 1.29 is 9.21 Å². The van der Waals surface area contributed by atoms with Crippen molar-refractivity contribution in [3.8, 4) is 0 Å². The van der Waals surface area contributed by atoms with Gasteiger partial charge in [0.1, 0.15) is 5.58 Å². The zero-order valence-corrected chi connectivity index (χ0v) is 10.7. The van der Waals surface area contributed by atoms with E-state index in [9.17, 15) is 9.59 Å². The predicted octanol–water partition coefficient (Wildman–Crippen LogP) is 2.58. The molecule has 4 nitrogen and oxygen atoms in total. The molecule has 0 saturated heterocycles. The van der Waals surface area contributed by atoms with Crippen molar-refractivity contribution in [3.05, 3.63) is 45.3 Å². The predicted molar refractivity (Wildman–Crippen MR) is 70.1 cm³/mol. The summed E-state index contributed by atoms with van der Waals surface area (Å²) in [6.07, 6.45) is 0. The molecular weight excluding hydrogens is 254 g/mol. The molecule has 0 radical (unpaired) electrons. The van der Waals surface area contributed by atoms with E-state index in [0.29, 0.717) is 16.0 Å². The minimum atomic E-state index is -0.557. The largest absolute Gasteiger partial charge is 0.423 e. The number of rotatable bonds is 2. The number of amides is 1. The highest BCUT2D eigenvalue weighted by Crippen LogP contribution is 2.21. The molecule has 0 aliphatic rings. The van der Waals surface area contributed by atoms with Gasteiger partial charge in [0.05, 0.1) is 5.56 Å². The Kier molecular flexibility index (Phi) is 3.39. The van der Waals surface area contributed by atoms with Gasteiger partial charge in [-0.1, -0.05) is 11.6 Å². The first-order valence-corrected chi connectivity index (χ1v) is 5.89. The van der Waals surface area contributed by atoms with Crippen LogP contribution in [0.5, 0.6) is 0 Å². The van der Waals surface area contributed by atoms with E-state index >= 15 is 0 Å². The molecular formula is C13H12ClNO3. The summed E-state index contributed by atoms with van der Waals surface area (Å²) in [7, 11) is 0. The lowest BCUT2D eigenvalue weighted by molar-refractivity contribution is 0.0944. The highest BCUT2D eigenvalue weighted by molar-refractivity contribution is 6.31. The molecule has 2 aromatic rings. The molecule has 0 unspecified atom stereocenters. The molecule has 0 aliphatic carbocycles. The molecule has 0 saturated carbocycles. The lowest BCUT2D eigenvalue weighted by atomic mass is 10.1. The van der Waals surface area contributed by atoms with Crippen LogP contribution in [0.15, 0.2) is 33.5 Å². The van der Waals surface area contributed by atoms with Gasteiger partial charge in [0.25, 0.3) is 5.91 Å². The summed E-state index contributed by atoms with van der Waals surface area (Å²) in [5, 5.41) is 3.74. The normalized spacial score (nSPS) is 10.9. The quantitative estimate of drug-likeness (QED) is 0.849. The Morgan fingerprint density at radius 3 is 2.72 bits per heavy atom. The maximum atomic E-state index is 12.0. The van der Waals surface area contributed by atoms with E-state index in [0.717, 1.165) is 0 Å². The minimum absolute atomic E-state index is 0.0148. The molecule has 1 N–H and O–H groups in total. The molecule has 1 heterocycles. The zero-order chi connectivity index (χ0) is 13.3. The first kappa shape index (κ1) is 12.6. The van der Waals surface area contributed by atoms with Crippen LogP contribution in [-0.4, -0.2) is 11.9 Å². The average Bonchev–Trinajstić information content (AvgIpc) is 2.27. The Labute approximate surface area is 109 Å². The highest BCUT2D eigenvalue weighted by Gasteiger charge is 2.14. The topological polar surface area (TPSA) is 59.3 Å². The smallest absolute Gasteiger partial charge is 0.337 e. The molecule has 1 aromatic carbocycles. The Bertz CT molecular complexity index is 661. The third-order valence-electron chi connectivity index (χ3n) is 2.37. The van der Waals surface area contributed by atoms with Gasteiger partial charge < -0.3 is 9.73 Å². The van der Waals surface area contributed by atoms with Crippen LogP contribution in [-0.2, 0) is 0 Å². The van der Waals surface area contributed by atoms with Gasteiger partial charge in [-0.05, 0) is 32.0 Å². The number of hydrogen-bond donors (Lipinski definition) is 1. The van der Waals surface area contributed by atoms with Gasteiger partial charge in [-0.25, -0.2) is 4.79 Å². The van der Waals surface area contributed by atoms with Crippen LogP contribution in [0.25, 0.3) is 11.0 Å². The van der Waals surface area contributed by atoms with Crippen LogP contribution in [0.4, 0.5) is 0 Å². The number of halogens is 1. The number of carbonyl (C=O) groups is 1. The number of fused-ring (bicyclic) bond motifs is 1. The fraction of sp³-hybridized carbons (Fsp3) is 0.231. The van der Waals surface area contributed by atoms with Gasteiger partial charge >= 0.3 is 5.63 Å². The second-order valence-electron chi connectivity index (χ2n) is 4.25. The molecule has 0 aliphatic heterocycles. The molecule has 1 aromatic heterocycles. The maximum Gasteiger partial charge on any atom is 0.337 e. The SMILES string of the molecule is CC(C)NC(=O)c1cc(=O)oc2ccc(Cl)cc12. The maximum absolute atomic E-state index is 12.0. The lowest BCUT2D eigenvalue weighted by Crippen LogP contribution is -2.30. The van der Waals surface area contributed by atoms with Crippen LogP contribution in [0.1, 0.15) is 24.2 Å². The first-order chi connectivity index (χ1) is 8.47. The zero-order valence-electron chi connectivity index (χ0n) is 9.99. The van der Waals surface area contributed by atoms with E-state index in [1.165, 1.54) is 6.07 Å². The van der Waals surface area contributed by atoms with Crippen LogP contribution >= 0.6 is 11.6 Å². The van der Waals surface area contributed by atoms with E-state index in [-0.39, 0.29) is 17.5 Å². The van der Waals surface area contributed by atoms with E-state index in [2.05, 4.69) is 5.32 Å². The van der Waals surface area contributed by atoms with E-state index in [4.69, 9.17) is 16.0 Å². The summed E-state index contributed by atoms with van der Waals surface area (Å²) in [6.45, 7) is 3.69. The number of benzene rings is 1. The standard InChI is InChI=1S/C13H12ClNO3/c1-7(2)15-13(17)10-6-12(16)18-11-4-3-8(14)5-9(10)11/h3-7H,1-2H3,(H,15,17). The monoisotopic (exact) mass is 265 g/mol. The molecule has 0 bridgehead atoms. The van der Waals surface area contributed by atoms with Gasteiger partial charge in [0.15, 0.2) is 0 Å². The van der Waals surface area contributed by atoms with Crippen molar-refractivity contribution in [2.24, 2.45) is 0 Å². The van der Waals surface area contributed by atoms with Crippen molar-refractivity contribution in [1.29, 1.82) is 0 Å². The van der Waals surface area contributed by atoms with Crippen LogP contribution < -0.4 is 10.9 Å². The summed E-state index contributed by atoms with van der Waals surface area (Å²) in [4.78, 5) is 23.4. The Hall–Kier alpha value is -1.81. The molecule has 0 spiro atoms. The minimum Gasteiger partial charge on any atom is -0.423 e. The molecule has 2 rings (SSSR count). The van der Waals surface area contributed by atoms with E-state index < -0.39 is 5.63 Å². The second-order valence-corrected chi connectivity index (χ2v) is 4.68. The molecule has 5 heteroatoms. The Morgan fingerprint density at radius 2 is 2.06 bits per heavy atom. The number of nitrogens with one attached hydrogen (secondary N) is 1. The van der Waals surface area contributed by atoms with E-state index in [1.54, 1.807) is 18.2 Å². The Morgan fingerprint density at radius 1 is 1.33 bits per heavy atom. The van der Waals surface area contributed by atoms with Gasteiger partial charge in [-0.3, -0.25) is 4.79 Å². The van der Waals surface area contributed by atoms with Crippen molar-refractivity contribution in [2.75, 3.05) is 0 Å². The van der Waals surface area contributed by atoms with Crippen LogP contribution in [0.2, 0.25) is 5.02 Å². The van der Waals surface area contributed by atoms with Gasteiger partial charge in [-0.15, -0.1) is 0 Å². The summed E-state index contributed by atoms with van der Waals surface area (Å²) in [6, 6.07) is 5.95. The summed E-state index contributed by atoms with van der Waals surface area (Å²) < 4.78 is 5.02. The third-order valence-corrected chi connectivity index (χ3v) is 2.60. The van der Waals surface area contributed by atoms with Gasteiger partial charge in [0, 0.05) is 22.5 Å². The molecule has 0 fully saturated rings. The van der Waals surface area contributed by atoms with Gasteiger partial charge in [0.2, 0.25) is 0 Å². The number of hydrogen-bond acceptors (Lipinski definition) is 3. The summed E-state index contributed by atoms with van der Waals surface area (Å²) in [5.41, 5.74) is 0.0667. The fourth-order valence-corrected chi connectivity index (χ4v) is 1.84. The highest BCUT2D eigenvalue weighted by atomic mass is 35.5. The van der Waals surface area contributed by atoms with Crippen LogP contribution in [0, 0.1) is 0 Å². The first-order valence-electron chi connectivity index (χ1n) is 5.51. The second kappa shape index (κ2) is 4.82. The van der Waals surface area contributed by atoms with Crippen molar-refractivity contribution >= 4 is 28.5 Å². The average molecular weight is 266 g/mol. The van der Waals surface area contributed by atoms with Crippen molar-refractivity contribution in [1.82, 2.24) is 5.32 Å². The molecule has 94 valence electrons.